The molecule has 3 aromatic heterocycles. The SMILES string of the molecule is Cc1ncc(-c2ncc(C)c3c(C(=O)C(=O)N4CCN(C(=O)c5ccccc5)CC4)c[nH]c23)cn1. The lowest BCUT2D eigenvalue weighted by molar-refractivity contribution is -0.127. The first-order valence-electron chi connectivity index (χ1n) is 11.4. The summed E-state index contributed by atoms with van der Waals surface area (Å²) in [6.45, 7) is 5.02. The molecule has 1 aromatic carbocycles. The van der Waals surface area contributed by atoms with Crippen molar-refractivity contribution in [3.63, 3.8) is 0 Å². The van der Waals surface area contributed by atoms with E-state index in [2.05, 4.69) is 19.9 Å². The molecular weight excluding hydrogens is 444 g/mol. The summed E-state index contributed by atoms with van der Waals surface area (Å²) in [5.41, 5.74) is 3.69. The number of ketones is 1. The average Bonchev–Trinajstić information content (AvgIpc) is 3.35. The van der Waals surface area contributed by atoms with Gasteiger partial charge in [-0.05, 0) is 31.5 Å². The molecule has 1 N–H and O–H groups in total. The number of nitrogens with one attached hydrogen (secondary N) is 1. The normalized spacial score (nSPS) is 13.8. The van der Waals surface area contributed by atoms with Crippen LogP contribution in [0.3, 0.4) is 0 Å². The minimum Gasteiger partial charge on any atom is -0.359 e. The minimum absolute atomic E-state index is 0.0728. The number of aromatic amines is 1. The first-order valence-corrected chi connectivity index (χ1v) is 11.4. The maximum absolute atomic E-state index is 13.3. The summed E-state index contributed by atoms with van der Waals surface area (Å²) in [5.74, 6) is -0.583. The van der Waals surface area contributed by atoms with Crippen LogP contribution in [-0.2, 0) is 4.79 Å². The molecule has 1 fully saturated rings. The third kappa shape index (κ3) is 4.16. The molecule has 1 aliphatic rings. The molecule has 9 nitrogen and oxygen atoms in total. The summed E-state index contributed by atoms with van der Waals surface area (Å²) in [4.78, 5) is 58.4. The molecule has 1 saturated heterocycles. The number of carbonyl (C=O) groups is 3. The highest BCUT2D eigenvalue weighted by atomic mass is 16.2. The number of hydrogen-bond acceptors (Lipinski definition) is 6. The first-order chi connectivity index (χ1) is 16.9. The Morgan fingerprint density at radius 3 is 2.20 bits per heavy atom. The van der Waals surface area contributed by atoms with Crippen LogP contribution in [0.5, 0.6) is 0 Å². The van der Waals surface area contributed by atoms with Gasteiger partial charge in [0.15, 0.2) is 0 Å². The molecule has 5 rings (SSSR count). The number of benzene rings is 1. The quantitative estimate of drug-likeness (QED) is 0.364. The van der Waals surface area contributed by atoms with Gasteiger partial charge in [-0.15, -0.1) is 0 Å². The van der Waals surface area contributed by atoms with Crippen LogP contribution in [0, 0.1) is 13.8 Å². The number of pyridine rings is 1. The van der Waals surface area contributed by atoms with Gasteiger partial charge in [-0.1, -0.05) is 18.2 Å². The lowest BCUT2D eigenvalue weighted by Crippen LogP contribution is -2.52. The van der Waals surface area contributed by atoms with E-state index in [1.165, 1.54) is 4.90 Å². The highest BCUT2D eigenvalue weighted by molar-refractivity contribution is 6.45. The molecule has 0 unspecified atom stereocenters. The Morgan fingerprint density at radius 1 is 0.857 bits per heavy atom. The standard InChI is InChI=1S/C26H24N6O3/c1-16-12-29-22(19-13-27-17(2)28-14-19)23-21(16)20(15-30-23)24(33)26(35)32-10-8-31(9-11-32)25(34)18-6-4-3-5-7-18/h3-7,12-15,30H,8-11H2,1-2H3. The number of piperazine rings is 1. The van der Waals surface area contributed by atoms with E-state index in [9.17, 15) is 14.4 Å². The van der Waals surface area contributed by atoms with Gasteiger partial charge in [0.25, 0.3) is 17.6 Å². The molecule has 0 spiro atoms. The molecule has 0 atom stereocenters. The zero-order valence-corrected chi connectivity index (χ0v) is 19.5. The summed E-state index contributed by atoms with van der Waals surface area (Å²) in [5, 5.41) is 0.659. The molecule has 0 saturated carbocycles. The van der Waals surface area contributed by atoms with Gasteiger partial charge >= 0.3 is 0 Å². The van der Waals surface area contributed by atoms with Crippen molar-refractivity contribution >= 4 is 28.5 Å². The number of amides is 2. The number of rotatable bonds is 4. The molecule has 0 radical (unpaired) electrons. The number of Topliss-reactive ketones (excluding diaryl/α,β-unsaturated/α-hetero) is 1. The lowest BCUT2D eigenvalue weighted by atomic mass is 10.0. The van der Waals surface area contributed by atoms with Gasteiger partial charge in [0.05, 0.1) is 16.8 Å². The fraction of sp³-hybridized carbons (Fsp3) is 0.231. The Labute approximate surface area is 201 Å². The van der Waals surface area contributed by atoms with Crippen molar-refractivity contribution in [2.75, 3.05) is 26.2 Å². The number of fused-ring (bicyclic) bond motifs is 1. The largest absolute Gasteiger partial charge is 0.359 e. The highest BCUT2D eigenvalue weighted by Crippen LogP contribution is 2.30. The third-order valence-corrected chi connectivity index (χ3v) is 6.27. The van der Waals surface area contributed by atoms with Gasteiger partial charge < -0.3 is 14.8 Å². The van der Waals surface area contributed by atoms with Gasteiger partial charge in [-0.3, -0.25) is 19.4 Å². The Bertz CT molecular complexity index is 1420. The summed E-state index contributed by atoms with van der Waals surface area (Å²) < 4.78 is 0. The molecule has 35 heavy (non-hydrogen) atoms. The van der Waals surface area contributed by atoms with E-state index in [1.54, 1.807) is 48.7 Å². The van der Waals surface area contributed by atoms with Gasteiger partial charge in [0, 0.05) is 67.5 Å². The number of carbonyl (C=O) groups excluding carboxylic acids is 3. The van der Waals surface area contributed by atoms with E-state index in [-0.39, 0.29) is 5.91 Å². The number of aryl methyl sites for hydroxylation is 2. The topological polar surface area (TPSA) is 112 Å². The van der Waals surface area contributed by atoms with Crippen molar-refractivity contribution in [1.29, 1.82) is 0 Å². The molecule has 0 aliphatic carbocycles. The summed E-state index contributed by atoms with van der Waals surface area (Å²) in [6.07, 6.45) is 6.61. The summed E-state index contributed by atoms with van der Waals surface area (Å²) >= 11 is 0. The second-order valence-corrected chi connectivity index (χ2v) is 8.54. The fourth-order valence-corrected chi connectivity index (χ4v) is 4.36. The molecule has 4 heterocycles. The van der Waals surface area contributed by atoms with Crippen LogP contribution in [0.25, 0.3) is 22.2 Å². The van der Waals surface area contributed by atoms with Crippen LogP contribution in [0.2, 0.25) is 0 Å². The zero-order valence-electron chi connectivity index (χ0n) is 19.5. The molecule has 1 aliphatic heterocycles. The first kappa shape index (κ1) is 22.4. The van der Waals surface area contributed by atoms with Crippen LogP contribution in [0.15, 0.2) is 55.1 Å². The van der Waals surface area contributed by atoms with Crippen molar-refractivity contribution < 1.29 is 14.4 Å². The van der Waals surface area contributed by atoms with Crippen LogP contribution < -0.4 is 0 Å². The van der Waals surface area contributed by atoms with Crippen molar-refractivity contribution in [1.82, 2.24) is 29.7 Å². The number of nitrogens with zero attached hydrogens (tertiary/aromatic N) is 5. The minimum atomic E-state index is -0.584. The van der Waals surface area contributed by atoms with Crippen molar-refractivity contribution in [3.8, 4) is 11.3 Å². The van der Waals surface area contributed by atoms with Gasteiger partial charge in [-0.2, -0.15) is 0 Å². The summed E-state index contributed by atoms with van der Waals surface area (Å²) in [7, 11) is 0. The fourth-order valence-electron chi connectivity index (χ4n) is 4.36. The van der Waals surface area contributed by atoms with Crippen molar-refractivity contribution in [3.05, 3.63) is 77.6 Å². The number of hydrogen-bond donors (Lipinski definition) is 1. The van der Waals surface area contributed by atoms with Crippen molar-refractivity contribution in [2.24, 2.45) is 0 Å². The van der Waals surface area contributed by atoms with Crippen molar-refractivity contribution in [2.45, 2.75) is 13.8 Å². The van der Waals surface area contributed by atoms with E-state index in [4.69, 9.17) is 0 Å². The third-order valence-electron chi connectivity index (χ3n) is 6.27. The predicted octanol–water partition coefficient (Wildman–Crippen LogP) is 2.80. The Balaban J connectivity index is 1.35. The van der Waals surface area contributed by atoms with Crippen LogP contribution in [0.4, 0.5) is 0 Å². The Hall–Kier alpha value is -4.40. The van der Waals surface area contributed by atoms with Gasteiger partial charge in [0.1, 0.15) is 5.82 Å². The van der Waals surface area contributed by atoms with Crippen LogP contribution in [-0.4, -0.2) is 73.5 Å². The second-order valence-electron chi connectivity index (χ2n) is 8.54. The van der Waals surface area contributed by atoms with Crippen LogP contribution in [0.1, 0.15) is 32.1 Å². The smallest absolute Gasteiger partial charge is 0.295 e. The lowest BCUT2D eigenvalue weighted by Gasteiger charge is -2.34. The molecule has 2 amide bonds. The van der Waals surface area contributed by atoms with E-state index in [1.807, 2.05) is 25.1 Å². The van der Waals surface area contributed by atoms with Crippen LogP contribution >= 0.6 is 0 Å². The average molecular weight is 469 g/mol. The predicted molar refractivity (Wildman–Crippen MR) is 130 cm³/mol. The molecule has 176 valence electrons. The molecule has 9 heteroatoms. The van der Waals surface area contributed by atoms with E-state index in [0.717, 1.165) is 5.56 Å². The van der Waals surface area contributed by atoms with Gasteiger partial charge in [0.2, 0.25) is 0 Å². The Kier molecular flexibility index (Phi) is 5.82. The van der Waals surface area contributed by atoms with E-state index in [0.29, 0.717) is 65.3 Å². The zero-order chi connectivity index (χ0) is 24.5. The van der Waals surface area contributed by atoms with E-state index < -0.39 is 11.7 Å². The highest BCUT2D eigenvalue weighted by Gasteiger charge is 2.30. The van der Waals surface area contributed by atoms with Gasteiger partial charge in [-0.25, -0.2) is 9.97 Å². The maximum atomic E-state index is 13.3. The summed E-state index contributed by atoms with van der Waals surface area (Å²) in [6, 6.07) is 9.05. The number of H-pyrrole nitrogens is 1. The monoisotopic (exact) mass is 468 g/mol. The molecule has 4 aromatic rings. The molecule has 0 bridgehead atoms. The second kappa shape index (κ2) is 9.09. The maximum Gasteiger partial charge on any atom is 0.295 e. The van der Waals surface area contributed by atoms with E-state index >= 15 is 0 Å². The Morgan fingerprint density at radius 2 is 1.51 bits per heavy atom. The molecular formula is C26H24N6O3. The number of aromatic nitrogens is 4.